The van der Waals surface area contributed by atoms with Crippen molar-refractivity contribution >= 4 is 33.3 Å². The Morgan fingerprint density at radius 3 is 2.75 bits per heavy atom. The number of rotatable bonds is 6. The first-order valence-corrected chi connectivity index (χ1v) is 7.40. The fraction of sp³-hybridized carbons (Fsp3) is 0.538. The molecule has 4 N–H and O–H groups in total. The van der Waals surface area contributed by atoms with Gasteiger partial charge in [0.15, 0.2) is 0 Å². The van der Waals surface area contributed by atoms with Crippen molar-refractivity contribution in [1.82, 2.24) is 14.9 Å². The van der Waals surface area contributed by atoms with Gasteiger partial charge in [0, 0.05) is 13.1 Å². The molecule has 0 amide bonds. The van der Waals surface area contributed by atoms with Gasteiger partial charge in [0.1, 0.15) is 5.82 Å². The summed E-state index contributed by atoms with van der Waals surface area (Å²) in [5.74, 6) is 6.69. The first kappa shape index (κ1) is 15.0. The van der Waals surface area contributed by atoms with Gasteiger partial charge in [0.25, 0.3) is 0 Å². The number of anilines is 2. The zero-order valence-electron chi connectivity index (χ0n) is 12.4. The summed E-state index contributed by atoms with van der Waals surface area (Å²) < 4.78 is 1.06. The maximum Gasteiger partial charge on any atom is 0.239 e. The molecule has 2 heterocycles. The van der Waals surface area contributed by atoms with Gasteiger partial charge in [-0.15, -0.1) is 11.3 Å². The summed E-state index contributed by atoms with van der Waals surface area (Å²) in [7, 11) is 4.17. The molecule has 2 rings (SSSR count). The van der Waals surface area contributed by atoms with E-state index in [1.165, 1.54) is 0 Å². The lowest BCUT2D eigenvalue weighted by atomic mass is 9.93. The minimum atomic E-state index is 0.147. The molecule has 0 bridgehead atoms. The van der Waals surface area contributed by atoms with E-state index in [0.717, 1.165) is 29.1 Å². The lowest BCUT2D eigenvalue weighted by molar-refractivity contribution is 0.254. The van der Waals surface area contributed by atoms with Crippen molar-refractivity contribution in [2.24, 2.45) is 11.3 Å². The number of thiophene rings is 1. The van der Waals surface area contributed by atoms with Gasteiger partial charge in [-0.05, 0) is 31.0 Å². The Morgan fingerprint density at radius 2 is 2.10 bits per heavy atom. The van der Waals surface area contributed by atoms with E-state index in [1.807, 2.05) is 11.4 Å². The van der Waals surface area contributed by atoms with Crippen molar-refractivity contribution in [2.75, 3.05) is 37.9 Å². The highest BCUT2D eigenvalue weighted by atomic mass is 32.1. The van der Waals surface area contributed by atoms with Gasteiger partial charge in [-0.1, -0.05) is 13.8 Å². The standard InChI is InChI=1S/C13H22N6S/c1-13(2,8-19(3)4)7-15-11-10-9(5-6-20-10)16-12(17-11)18-14/h5-6H,7-8,14H2,1-4H3,(H2,15,16,17,18). The third kappa shape index (κ3) is 3.56. The predicted molar refractivity (Wildman–Crippen MR) is 86.0 cm³/mol. The van der Waals surface area contributed by atoms with Crippen LogP contribution in [0.5, 0.6) is 0 Å². The summed E-state index contributed by atoms with van der Waals surface area (Å²) in [4.78, 5) is 10.9. The number of nitrogens with two attached hydrogens (primary N) is 1. The molecule has 0 aliphatic heterocycles. The summed E-state index contributed by atoms with van der Waals surface area (Å²) in [6.07, 6.45) is 0. The molecule has 2 aromatic rings. The largest absolute Gasteiger partial charge is 0.368 e. The SMILES string of the molecule is CN(C)CC(C)(C)CNc1nc(NN)nc2ccsc12. The Bertz CT molecular complexity index is 577. The summed E-state index contributed by atoms with van der Waals surface area (Å²) in [5, 5.41) is 5.44. The van der Waals surface area contributed by atoms with Gasteiger partial charge in [0.2, 0.25) is 5.95 Å². The minimum Gasteiger partial charge on any atom is -0.368 e. The number of hydrogen-bond acceptors (Lipinski definition) is 7. The third-order valence-electron chi connectivity index (χ3n) is 2.91. The molecule has 110 valence electrons. The Labute approximate surface area is 123 Å². The summed E-state index contributed by atoms with van der Waals surface area (Å²) >= 11 is 1.63. The van der Waals surface area contributed by atoms with E-state index in [9.17, 15) is 0 Å². The number of nitrogens with zero attached hydrogens (tertiary/aromatic N) is 3. The molecule has 20 heavy (non-hydrogen) atoms. The van der Waals surface area contributed by atoms with Gasteiger partial charge >= 0.3 is 0 Å². The average molecular weight is 294 g/mol. The fourth-order valence-corrected chi connectivity index (χ4v) is 3.08. The highest BCUT2D eigenvalue weighted by Gasteiger charge is 2.19. The van der Waals surface area contributed by atoms with Crippen LogP contribution in [-0.4, -0.2) is 42.1 Å². The van der Waals surface area contributed by atoms with Crippen molar-refractivity contribution in [3.63, 3.8) is 0 Å². The first-order valence-electron chi connectivity index (χ1n) is 6.52. The Morgan fingerprint density at radius 1 is 1.35 bits per heavy atom. The van der Waals surface area contributed by atoms with Crippen molar-refractivity contribution in [3.05, 3.63) is 11.4 Å². The van der Waals surface area contributed by atoms with E-state index in [-0.39, 0.29) is 5.41 Å². The van der Waals surface area contributed by atoms with E-state index in [0.29, 0.717) is 5.95 Å². The molecule has 2 aromatic heterocycles. The summed E-state index contributed by atoms with van der Waals surface area (Å²) in [5.41, 5.74) is 3.57. The molecule has 0 fully saturated rings. The van der Waals surface area contributed by atoms with E-state index in [4.69, 9.17) is 5.84 Å². The van der Waals surface area contributed by atoms with E-state index in [2.05, 4.69) is 53.6 Å². The number of aromatic nitrogens is 2. The van der Waals surface area contributed by atoms with Gasteiger partial charge in [-0.25, -0.2) is 10.8 Å². The quantitative estimate of drug-likeness (QED) is 0.558. The molecule has 0 radical (unpaired) electrons. The minimum absolute atomic E-state index is 0.147. The zero-order valence-corrected chi connectivity index (χ0v) is 13.2. The van der Waals surface area contributed by atoms with Crippen molar-refractivity contribution < 1.29 is 0 Å². The number of nitrogens with one attached hydrogen (secondary N) is 2. The highest BCUT2D eigenvalue weighted by molar-refractivity contribution is 7.17. The second-order valence-corrected chi connectivity index (χ2v) is 6.85. The van der Waals surface area contributed by atoms with Crippen molar-refractivity contribution in [2.45, 2.75) is 13.8 Å². The van der Waals surface area contributed by atoms with Crippen LogP contribution in [0.25, 0.3) is 10.2 Å². The van der Waals surface area contributed by atoms with Gasteiger partial charge in [0.05, 0.1) is 10.2 Å². The molecule has 0 aliphatic rings. The lowest BCUT2D eigenvalue weighted by Gasteiger charge is -2.28. The molecule has 0 aromatic carbocycles. The number of hydrogen-bond donors (Lipinski definition) is 3. The Hall–Kier alpha value is -1.44. The van der Waals surface area contributed by atoms with Crippen LogP contribution in [0.2, 0.25) is 0 Å². The van der Waals surface area contributed by atoms with Crippen molar-refractivity contribution in [3.8, 4) is 0 Å². The van der Waals surface area contributed by atoms with Crippen LogP contribution < -0.4 is 16.6 Å². The van der Waals surface area contributed by atoms with Crippen LogP contribution in [0.1, 0.15) is 13.8 Å². The van der Waals surface area contributed by atoms with Crippen LogP contribution in [0, 0.1) is 5.41 Å². The van der Waals surface area contributed by atoms with Gasteiger partial charge in [-0.3, -0.25) is 5.43 Å². The van der Waals surface area contributed by atoms with Gasteiger partial charge < -0.3 is 10.2 Å². The van der Waals surface area contributed by atoms with Crippen LogP contribution in [0.15, 0.2) is 11.4 Å². The molecule has 7 heteroatoms. The average Bonchev–Trinajstić information content (AvgIpc) is 2.82. The molecular weight excluding hydrogens is 272 g/mol. The Balaban J connectivity index is 2.18. The van der Waals surface area contributed by atoms with Crippen LogP contribution in [-0.2, 0) is 0 Å². The first-order chi connectivity index (χ1) is 9.41. The molecule has 0 spiro atoms. The van der Waals surface area contributed by atoms with Crippen LogP contribution >= 0.6 is 11.3 Å². The predicted octanol–water partition coefficient (Wildman–Crippen LogP) is 1.98. The molecular formula is C13H22N6S. The molecule has 0 saturated carbocycles. The number of fused-ring (bicyclic) bond motifs is 1. The van der Waals surface area contributed by atoms with E-state index < -0.39 is 0 Å². The summed E-state index contributed by atoms with van der Waals surface area (Å²) in [6.45, 7) is 6.30. The molecule has 0 aliphatic carbocycles. The number of nitrogen functional groups attached to an aromatic ring is 1. The summed E-state index contributed by atoms with van der Waals surface area (Å²) in [6, 6.07) is 1.97. The topological polar surface area (TPSA) is 79.1 Å². The molecule has 0 saturated heterocycles. The van der Waals surface area contributed by atoms with Crippen LogP contribution in [0.4, 0.5) is 11.8 Å². The second-order valence-electron chi connectivity index (χ2n) is 5.93. The molecule has 0 unspecified atom stereocenters. The number of hydrazine groups is 1. The lowest BCUT2D eigenvalue weighted by Crippen LogP contribution is -2.34. The second kappa shape index (κ2) is 5.90. The Kier molecular flexibility index (Phi) is 4.42. The maximum absolute atomic E-state index is 5.42. The highest BCUT2D eigenvalue weighted by Crippen LogP contribution is 2.28. The third-order valence-corrected chi connectivity index (χ3v) is 3.82. The van der Waals surface area contributed by atoms with Crippen LogP contribution in [0.3, 0.4) is 0 Å². The maximum atomic E-state index is 5.42. The van der Waals surface area contributed by atoms with E-state index in [1.54, 1.807) is 11.3 Å². The van der Waals surface area contributed by atoms with Crippen molar-refractivity contribution in [1.29, 1.82) is 0 Å². The smallest absolute Gasteiger partial charge is 0.239 e. The monoisotopic (exact) mass is 294 g/mol. The molecule has 6 nitrogen and oxygen atoms in total. The fourth-order valence-electron chi connectivity index (χ4n) is 2.28. The van der Waals surface area contributed by atoms with E-state index >= 15 is 0 Å². The van der Waals surface area contributed by atoms with Gasteiger partial charge in [-0.2, -0.15) is 4.98 Å². The zero-order chi connectivity index (χ0) is 14.8. The normalized spacial score (nSPS) is 12.1. The molecule has 0 atom stereocenters.